The molecule has 1 aromatic heterocycles. The van der Waals surface area contributed by atoms with Gasteiger partial charge in [0, 0.05) is 18.1 Å². The molecule has 1 aromatic rings. The average molecular weight is 309 g/mol. The van der Waals surface area contributed by atoms with E-state index in [4.69, 9.17) is 0 Å². The molecule has 0 amide bonds. The van der Waals surface area contributed by atoms with E-state index in [1.54, 1.807) is 17.5 Å². The number of hydrogen-bond acceptors (Lipinski definition) is 4. The lowest BCUT2D eigenvalue weighted by Gasteiger charge is -2.29. The van der Waals surface area contributed by atoms with Gasteiger partial charge in [-0.3, -0.25) is 0 Å². The lowest BCUT2D eigenvalue weighted by molar-refractivity contribution is 0.345. The van der Waals surface area contributed by atoms with Gasteiger partial charge in [0.2, 0.25) is 10.0 Å². The van der Waals surface area contributed by atoms with Crippen molar-refractivity contribution in [1.82, 2.24) is 10.0 Å². The van der Waals surface area contributed by atoms with Crippen molar-refractivity contribution in [2.75, 3.05) is 0 Å². The molecule has 7 heteroatoms. The minimum Gasteiger partial charge on any atom is -0.311 e. The minimum atomic E-state index is -3.29. The number of thiophene rings is 1. The topological polar surface area (TPSA) is 58.2 Å². The van der Waals surface area contributed by atoms with Gasteiger partial charge in [0.1, 0.15) is 4.21 Å². The number of hydrogen-bond donors (Lipinski definition) is 2. The standard InChI is InChI=1S/C11H16N2O2S2.ClH/c14-17(15,11-2-1-5-16-11)13-10-6-8-3-4-9(7-10)12-8;/h1-2,5,8-10,12-13H,3-4,6-7H2;1H. The van der Waals surface area contributed by atoms with E-state index >= 15 is 0 Å². The largest absolute Gasteiger partial charge is 0.311 e. The smallest absolute Gasteiger partial charge is 0.250 e. The summed E-state index contributed by atoms with van der Waals surface area (Å²) in [4.78, 5) is 0. The van der Waals surface area contributed by atoms with Crippen LogP contribution in [0.3, 0.4) is 0 Å². The zero-order valence-corrected chi connectivity index (χ0v) is 12.3. The van der Waals surface area contributed by atoms with Gasteiger partial charge in [-0.1, -0.05) is 6.07 Å². The highest BCUT2D eigenvalue weighted by atomic mass is 35.5. The Labute approximate surface area is 118 Å². The Hall–Kier alpha value is -0.140. The Balaban J connectivity index is 0.00000120. The second-order valence-corrected chi connectivity index (χ2v) is 7.75. The van der Waals surface area contributed by atoms with Crippen molar-refractivity contribution in [3.05, 3.63) is 17.5 Å². The maximum atomic E-state index is 12.1. The number of rotatable bonds is 3. The molecule has 2 N–H and O–H groups in total. The van der Waals surface area contributed by atoms with Gasteiger partial charge in [-0.05, 0) is 37.1 Å². The van der Waals surface area contributed by atoms with Crippen molar-refractivity contribution in [1.29, 1.82) is 0 Å². The molecule has 102 valence electrons. The summed E-state index contributed by atoms with van der Waals surface area (Å²) in [6.07, 6.45) is 4.20. The molecular formula is C11H17ClN2O2S2. The van der Waals surface area contributed by atoms with Crippen LogP contribution in [-0.2, 0) is 10.0 Å². The van der Waals surface area contributed by atoms with Gasteiger partial charge in [-0.25, -0.2) is 13.1 Å². The van der Waals surface area contributed by atoms with Crippen LogP contribution < -0.4 is 10.0 Å². The third kappa shape index (κ3) is 2.88. The fourth-order valence-corrected chi connectivity index (χ4v) is 5.12. The Morgan fingerprint density at radius 1 is 1.28 bits per heavy atom. The molecule has 2 saturated heterocycles. The molecular weight excluding hydrogens is 292 g/mol. The van der Waals surface area contributed by atoms with Crippen LogP contribution in [0.5, 0.6) is 0 Å². The lowest BCUT2D eigenvalue weighted by Crippen LogP contribution is -2.47. The van der Waals surface area contributed by atoms with E-state index in [9.17, 15) is 8.42 Å². The van der Waals surface area contributed by atoms with Crippen LogP contribution in [0.15, 0.2) is 21.7 Å². The van der Waals surface area contributed by atoms with Crippen molar-refractivity contribution in [3.8, 4) is 0 Å². The van der Waals surface area contributed by atoms with Crippen LogP contribution in [0, 0.1) is 0 Å². The van der Waals surface area contributed by atoms with Crippen molar-refractivity contribution in [3.63, 3.8) is 0 Å². The molecule has 0 aliphatic carbocycles. The lowest BCUT2D eigenvalue weighted by atomic mass is 10.0. The first-order chi connectivity index (χ1) is 8.13. The second kappa shape index (κ2) is 5.46. The summed E-state index contributed by atoms with van der Waals surface area (Å²) in [5.41, 5.74) is 0. The number of fused-ring (bicyclic) bond motifs is 2. The number of halogens is 1. The minimum absolute atomic E-state index is 0. The summed E-state index contributed by atoms with van der Waals surface area (Å²) in [5.74, 6) is 0. The third-order valence-electron chi connectivity index (χ3n) is 3.55. The predicted octanol–water partition coefficient (Wildman–Crippen LogP) is 1.73. The maximum absolute atomic E-state index is 12.1. The van der Waals surface area contributed by atoms with E-state index in [0.29, 0.717) is 16.3 Å². The Kier molecular flexibility index (Phi) is 4.33. The summed E-state index contributed by atoms with van der Waals surface area (Å²) >= 11 is 1.27. The highest BCUT2D eigenvalue weighted by Crippen LogP contribution is 2.28. The first-order valence-corrected chi connectivity index (χ1v) is 8.32. The Bertz CT molecular complexity index is 477. The van der Waals surface area contributed by atoms with Gasteiger partial charge in [0.25, 0.3) is 0 Å². The highest BCUT2D eigenvalue weighted by Gasteiger charge is 2.35. The quantitative estimate of drug-likeness (QED) is 0.894. The maximum Gasteiger partial charge on any atom is 0.250 e. The molecule has 0 radical (unpaired) electrons. The molecule has 2 atom stereocenters. The van der Waals surface area contributed by atoms with Crippen LogP contribution in [0.2, 0.25) is 0 Å². The zero-order valence-electron chi connectivity index (χ0n) is 9.83. The van der Waals surface area contributed by atoms with Gasteiger partial charge in [-0.2, -0.15) is 0 Å². The molecule has 2 bridgehead atoms. The highest BCUT2D eigenvalue weighted by molar-refractivity contribution is 7.91. The van der Waals surface area contributed by atoms with Gasteiger partial charge in [0.15, 0.2) is 0 Å². The molecule has 2 fully saturated rings. The summed E-state index contributed by atoms with van der Waals surface area (Å²) < 4.78 is 27.4. The molecule has 18 heavy (non-hydrogen) atoms. The van der Waals surface area contributed by atoms with E-state index in [0.717, 1.165) is 12.8 Å². The molecule has 2 aliphatic rings. The van der Waals surface area contributed by atoms with E-state index in [1.165, 1.54) is 24.2 Å². The second-order valence-electron chi connectivity index (χ2n) is 4.86. The Morgan fingerprint density at radius 2 is 1.94 bits per heavy atom. The zero-order chi connectivity index (χ0) is 11.9. The van der Waals surface area contributed by atoms with E-state index in [2.05, 4.69) is 10.0 Å². The van der Waals surface area contributed by atoms with Crippen molar-refractivity contribution in [2.24, 2.45) is 0 Å². The monoisotopic (exact) mass is 308 g/mol. The van der Waals surface area contributed by atoms with Crippen molar-refractivity contribution < 1.29 is 8.42 Å². The van der Waals surface area contributed by atoms with Crippen molar-refractivity contribution >= 4 is 33.8 Å². The molecule has 2 aliphatic heterocycles. The number of piperidine rings is 1. The predicted molar refractivity (Wildman–Crippen MR) is 74.9 cm³/mol. The van der Waals surface area contributed by atoms with E-state index < -0.39 is 10.0 Å². The van der Waals surface area contributed by atoms with Gasteiger partial charge in [-0.15, -0.1) is 23.7 Å². The number of nitrogens with one attached hydrogen (secondary N) is 2. The first kappa shape index (κ1) is 14.3. The number of sulfonamides is 1. The van der Waals surface area contributed by atoms with Gasteiger partial charge >= 0.3 is 0 Å². The summed E-state index contributed by atoms with van der Waals surface area (Å²) in [5, 5.41) is 5.30. The fourth-order valence-electron chi connectivity index (χ4n) is 2.85. The fraction of sp³-hybridized carbons (Fsp3) is 0.636. The molecule has 3 rings (SSSR count). The average Bonchev–Trinajstić information content (AvgIpc) is 2.88. The van der Waals surface area contributed by atoms with Gasteiger partial charge in [0.05, 0.1) is 0 Å². The van der Waals surface area contributed by atoms with E-state index in [1.807, 2.05) is 0 Å². The van der Waals surface area contributed by atoms with Crippen LogP contribution in [0.4, 0.5) is 0 Å². The third-order valence-corrected chi connectivity index (χ3v) is 6.47. The molecule has 2 unspecified atom stereocenters. The van der Waals surface area contributed by atoms with Crippen LogP contribution >= 0.6 is 23.7 Å². The Morgan fingerprint density at radius 3 is 2.50 bits per heavy atom. The molecule has 0 spiro atoms. The first-order valence-electron chi connectivity index (χ1n) is 5.95. The molecule has 4 nitrogen and oxygen atoms in total. The van der Waals surface area contributed by atoms with Crippen LogP contribution in [-0.4, -0.2) is 26.5 Å². The summed E-state index contributed by atoms with van der Waals surface area (Å²) in [6.45, 7) is 0. The van der Waals surface area contributed by atoms with Crippen LogP contribution in [0.1, 0.15) is 25.7 Å². The summed E-state index contributed by atoms with van der Waals surface area (Å²) in [7, 11) is -3.29. The van der Waals surface area contributed by atoms with Crippen molar-refractivity contribution in [2.45, 2.75) is 48.0 Å². The van der Waals surface area contributed by atoms with Gasteiger partial charge < -0.3 is 5.32 Å². The normalized spacial score (nSPS) is 31.0. The molecule has 3 heterocycles. The molecule has 0 aromatic carbocycles. The van der Waals surface area contributed by atoms with Crippen LogP contribution in [0.25, 0.3) is 0 Å². The summed E-state index contributed by atoms with van der Waals surface area (Å²) in [6, 6.07) is 4.53. The van der Waals surface area contributed by atoms with E-state index in [-0.39, 0.29) is 18.4 Å². The SMILES string of the molecule is Cl.O=S(=O)(NC1CC2CCC(C1)N2)c1cccs1. The molecule has 0 saturated carbocycles.